The fourth-order valence-corrected chi connectivity index (χ4v) is 2.96. The number of tetrazole rings is 1. The SMILES string of the molecule is O=C1CCCC2=C1[C@H](c1ccccc1)n1nnnc1N2. The molecule has 1 N–H and O–H groups in total. The van der Waals surface area contributed by atoms with Gasteiger partial charge in [-0.1, -0.05) is 35.4 Å². The Morgan fingerprint density at radius 2 is 2.05 bits per heavy atom. The lowest BCUT2D eigenvalue weighted by atomic mass is 9.85. The molecule has 0 unspecified atom stereocenters. The number of Topliss-reactive ketones (excluding diaryl/α,β-unsaturated/α-hetero) is 1. The molecule has 0 bridgehead atoms. The van der Waals surface area contributed by atoms with Gasteiger partial charge in [0, 0.05) is 17.7 Å². The molecule has 1 aromatic heterocycles. The minimum absolute atomic E-state index is 0.189. The number of aromatic nitrogens is 4. The lowest BCUT2D eigenvalue weighted by molar-refractivity contribution is -0.116. The Hall–Kier alpha value is -2.50. The molecule has 1 aliphatic heterocycles. The highest BCUT2D eigenvalue weighted by atomic mass is 16.1. The summed E-state index contributed by atoms with van der Waals surface area (Å²) in [5.74, 6) is 0.793. The molecular formula is C14H13N5O. The zero-order valence-electron chi connectivity index (χ0n) is 10.8. The van der Waals surface area contributed by atoms with Gasteiger partial charge in [0.05, 0.1) is 0 Å². The highest BCUT2D eigenvalue weighted by molar-refractivity contribution is 5.99. The fraction of sp³-hybridized carbons (Fsp3) is 0.286. The van der Waals surface area contributed by atoms with Crippen LogP contribution < -0.4 is 5.32 Å². The van der Waals surface area contributed by atoms with E-state index in [0.717, 1.165) is 29.7 Å². The molecule has 0 saturated carbocycles. The Balaban J connectivity index is 1.93. The van der Waals surface area contributed by atoms with E-state index in [1.54, 1.807) is 4.68 Å². The Labute approximate surface area is 115 Å². The van der Waals surface area contributed by atoms with Crippen molar-refractivity contribution in [2.45, 2.75) is 25.3 Å². The van der Waals surface area contributed by atoms with Crippen LogP contribution in [0.5, 0.6) is 0 Å². The number of ketones is 1. The van der Waals surface area contributed by atoms with E-state index in [4.69, 9.17) is 0 Å². The molecule has 6 heteroatoms. The monoisotopic (exact) mass is 267 g/mol. The van der Waals surface area contributed by atoms with Crippen molar-refractivity contribution in [3.63, 3.8) is 0 Å². The quantitative estimate of drug-likeness (QED) is 0.851. The van der Waals surface area contributed by atoms with Gasteiger partial charge in [0.1, 0.15) is 6.04 Å². The predicted molar refractivity (Wildman–Crippen MR) is 71.9 cm³/mol. The third-order valence-corrected chi connectivity index (χ3v) is 3.84. The van der Waals surface area contributed by atoms with Crippen molar-refractivity contribution in [3.05, 3.63) is 47.2 Å². The molecule has 100 valence electrons. The normalized spacial score (nSPS) is 21.2. The smallest absolute Gasteiger partial charge is 0.248 e. The van der Waals surface area contributed by atoms with Crippen LogP contribution in [-0.4, -0.2) is 26.0 Å². The van der Waals surface area contributed by atoms with Crippen molar-refractivity contribution < 1.29 is 4.79 Å². The molecule has 2 aliphatic rings. The molecule has 6 nitrogen and oxygen atoms in total. The Bertz CT molecular complexity index is 703. The van der Waals surface area contributed by atoms with Gasteiger partial charge in [0.2, 0.25) is 5.95 Å². The molecule has 4 rings (SSSR count). The minimum atomic E-state index is -0.217. The number of nitrogens with zero attached hydrogens (tertiary/aromatic N) is 4. The van der Waals surface area contributed by atoms with E-state index in [2.05, 4.69) is 20.8 Å². The highest BCUT2D eigenvalue weighted by Gasteiger charge is 2.36. The molecule has 20 heavy (non-hydrogen) atoms. The number of rotatable bonds is 1. The van der Waals surface area contributed by atoms with Gasteiger partial charge < -0.3 is 5.32 Å². The van der Waals surface area contributed by atoms with Gasteiger partial charge in [0.25, 0.3) is 0 Å². The molecule has 2 heterocycles. The second-order valence-corrected chi connectivity index (χ2v) is 5.05. The van der Waals surface area contributed by atoms with Crippen LogP contribution in [0.2, 0.25) is 0 Å². The first-order chi connectivity index (χ1) is 9.84. The van der Waals surface area contributed by atoms with E-state index in [-0.39, 0.29) is 11.8 Å². The third-order valence-electron chi connectivity index (χ3n) is 3.84. The molecule has 0 radical (unpaired) electrons. The lowest BCUT2D eigenvalue weighted by Crippen LogP contribution is -2.31. The van der Waals surface area contributed by atoms with Gasteiger partial charge in [-0.15, -0.1) is 0 Å². The molecular weight excluding hydrogens is 254 g/mol. The molecule has 2 aromatic rings. The van der Waals surface area contributed by atoms with Crippen molar-refractivity contribution in [2.24, 2.45) is 0 Å². The molecule has 1 aliphatic carbocycles. The first-order valence-electron chi connectivity index (χ1n) is 6.70. The van der Waals surface area contributed by atoms with E-state index in [1.807, 2.05) is 30.3 Å². The van der Waals surface area contributed by atoms with E-state index in [9.17, 15) is 4.79 Å². The van der Waals surface area contributed by atoms with Crippen LogP contribution in [0, 0.1) is 0 Å². The largest absolute Gasteiger partial charge is 0.326 e. The molecule has 1 aromatic carbocycles. The summed E-state index contributed by atoms with van der Waals surface area (Å²) in [5, 5.41) is 15.0. The van der Waals surface area contributed by atoms with Crippen molar-refractivity contribution in [1.82, 2.24) is 20.2 Å². The molecule has 0 saturated heterocycles. The van der Waals surface area contributed by atoms with Crippen LogP contribution in [0.25, 0.3) is 0 Å². The Kier molecular flexibility index (Phi) is 2.42. The number of hydrogen-bond donors (Lipinski definition) is 1. The highest BCUT2D eigenvalue weighted by Crippen LogP contribution is 2.38. The predicted octanol–water partition coefficient (Wildman–Crippen LogP) is 1.70. The van der Waals surface area contributed by atoms with Gasteiger partial charge in [-0.2, -0.15) is 4.68 Å². The van der Waals surface area contributed by atoms with Crippen LogP contribution in [0.3, 0.4) is 0 Å². The average Bonchev–Trinajstić information content (AvgIpc) is 2.94. The Morgan fingerprint density at radius 3 is 2.90 bits per heavy atom. The minimum Gasteiger partial charge on any atom is -0.326 e. The number of allylic oxidation sites excluding steroid dienone is 2. The Morgan fingerprint density at radius 1 is 1.20 bits per heavy atom. The van der Waals surface area contributed by atoms with Crippen LogP contribution in [0.1, 0.15) is 30.9 Å². The molecule has 1 atom stereocenters. The zero-order chi connectivity index (χ0) is 13.5. The van der Waals surface area contributed by atoms with Crippen molar-refractivity contribution >= 4 is 11.7 Å². The first kappa shape index (κ1) is 11.3. The summed E-state index contributed by atoms with van der Waals surface area (Å²) in [4.78, 5) is 12.4. The summed E-state index contributed by atoms with van der Waals surface area (Å²) in [6.45, 7) is 0. The number of nitrogens with one attached hydrogen (secondary N) is 1. The van der Waals surface area contributed by atoms with Gasteiger partial charge in [0.15, 0.2) is 5.78 Å². The van der Waals surface area contributed by atoms with E-state index in [1.165, 1.54) is 0 Å². The van der Waals surface area contributed by atoms with Crippen LogP contribution in [0.4, 0.5) is 5.95 Å². The summed E-state index contributed by atoms with van der Waals surface area (Å²) in [6, 6.07) is 9.69. The molecule has 0 spiro atoms. The number of anilines is 1. The van der Waals surface area contributed by atoms with Crippen LogP contribution in [0.15, 0.2) is 41.6 Å². The van der Waals surface area contributed by atoms with Crippen LogP contribution >= 0.6 is 0 Å². The zero-order valence-corrected chi connectivity index (χ0v) is 10.8. The number of benzene rings is 1. The van der Waals surface area contributed by atoms with Gasteiger partial charge >= 0.3 is 0 Å². The average molecular weight is 267 g/mol. The summed E-state index contributed by atoms with van der Waals surface area (Å²) >= 11 is 0. The standard InChI is InChI=1S/C14H13N5O/c20-11-8-4-7-10-12(11)13(9-5-2-1-3-6-9)19-14(15-10)16-17-18-19/h1-3,5-6,13H,4,7-8H2,(H,15,16,18)/t13-/m0/s1. The van der Waals surface area contributed by atoms with E-state index < -0.39 is 0 Å². The van der Waals surface area contributed by atoms with Gasteiger partial charge in [-0.25, -0.2) is 0 Å². The van der Waals surface area contributed by atoms with E-state index >= 15 is 0 Å². The topological polar surface area (TPSA) is 72.7 Å². The number of fused-ring (bicyclic) bond motifs is 1. The van der Waals surface area contributed by atoms with Crippen molar-refractivity contribution in [1.29, 1.82) is 0 Å². The maximum Gasteiger partial charge on any atom is 0.248 e. The fourth-order valence-electron chi connectivity index (χ4n) is 2.96. The number of hydrogen-bond acceptors (Lipinski definition) is 5. The van der Waals surface area contributed by atoms with Crippen molar-refractivity contribution in [3.8, 4) is 0 Å². The van der Waals surface area contributed by atoms with Gasteiger partial charge in [-0.05, 0) is 28.8 Å². The second-order valence-electron chi connectivity index (χ2n) is 5.05. The van der Waals surface area contributed by atoms with Crippen molar-refractivity contribution in [2.75, 3.05) is 5.32 Å². The third kappa shape index (κ3) is 1.57. The lowest BCUT2D eigenvalue weighted by Gasteiger charge is -2.31. The maximum atomic E-state index is 12.4. The number of carbonyl (C=O) groups excluding carboxylic acids is 1. The van der Waals surface area contributed by atoms with Crippen LogP contribution in [-0.2, 0) is 4.79 Å². The number of carbonyl (C=O) groups is 1. The molecule has 0 fully saturated rings. The first-order valence-corrected chi connectivity index (χ1v) is 6.70. The summed E-state index contributed by atoms with van der Waals surface area (Å²) in [6.07, 6.45) is 2.35. The summed E-state index contributed by atoms with van der Waals surface area (Å²) < 4.78 is 1.69. The second kappa shape index (κ2) is 4.26. The van der Waals surface area contributed by atoms with Gasteiger partial charge in [-0.3, -0.25) is 4.79 Å². The summed E-state index contributed by atoms with van der Waals surface area (Å²) in [5.41, 5.74) is 2.81. The van der Waals surface area contributed by atoms with E-state index in [0.29, 0.717) is 12.4 Å². The molecule has 0 amide bonds. The summed E-state index contributed by atoms with van der Waals surface area (Å²) in [7, 11) is 0. The maximum absolute atomic E-state index is 12.4.